The highest BCUT2D eigenvalue weighted by Gasteiger charge is 2.34. The van der Waals surface area contributed by atoms with Crippen molar-refractivity contribution in [2.75, 3.05) is 0 Å². The van der Waals surface area contributed by atoms with Crippen molar-refractivity contribution in [1.29, 1.82) is 0 Å². The van der Waals surface area contributed by atoms with Crippen LogP contribution < -0.4 is 4.18 Å². The Balaban J connectivity index is 2.42. The van der Waals surface area contributed by atoms with Crippen molar-refractivity contribution in [1.82, 2.24) is 0 Å². The second-order valence-electron chi connectivity index (χ2n) is 4.13. The standard InChI is InChI=1S/C13H7ClF4O3S/c14-12-5-4-10(7-11(12)13(16,17)18)22(19,20)21-9-3-1-2-8(15)6-9/h1-7H. The molecule has 3 nitrogen and oxygen atoms in total. The summed E-state index contributed by atoms with van der Waals surface area (Å²) >= 11 is 5.41. The summed E-state index contributed by atoms with van der Waals surface area (Å²) < 4.78 is 79.7. The summed E-state index contributed by atoms with van der Waals surface area (Å²) in [6.45, 7) is 0. The van der Waals surface area contributed by atoms with Crippen LogP contribution in [0.15, 0.2) is 47.4 Å². The highest BCUT2D eigenvalue weighted by molar-refractivity contribution is 7.87. The van der Waals surface area contributed by atoms with Gasteiger partial charge in [0.05, 0.1) is 10.6 Å². The molecule has 0 spiro atoms. The Labute approximate surface area is 128 Å². The van der Waals surface area contributed by atoms with Gasteiger partial charge in [-0.25, -0.2) is 4.39 Å². The van der Waals surface area contributed by atoms with Gasteiger partial charge in [0.25, 0.3) is 0 Å². The zero-order chi connectivity index (χ0) is 16.5. The molecule has 0 heterocycles. The van der Waals surface area contributed by atoms with Crippen LogP contribution in [0.2, 0.25) is 5.02 Å². The van der Waals surface area contributed by atoms with Crippen LogP contribution in [0.5, 0.6) is 5.75 Å². The molecule has 0 saturated carbocycles. The Kier molecular flexibility index (Phi) is 4.35. The second kappa shape index (κ2) is 5.77. The van der Waals surface area contributed by atoms with Crippen LogP contribution in [0.25, 0.3) is 0 Å². The molecule has 0 amide bonds. The minimum atomic E-state index is -4.82. The van der Waals surface area contributed by atoms with Gasteiger partial charge in [0.15, 0.2) is 0 Å². The lowest BCUT2D eigenvalue weighted by Crippen LogP contribution is -2.13. The zero-order valence-corrected chi connectivity index (χ0v) is 12.1. The molecule has 118 valence electrons. The number of hydrogen-bond acceptors (Lipinski definition) is 3. The number of halogens is 5. The lowest BCUT2D eigenvalue weighted by Gasteiger charge is -2.12. The van der Waals surface area contributed by atoms with E-state index in [0.717, 1.165) is 30.3 Å². The molecule has 0 N–H and O–H groups in total. The average Bonchev–Trinajstić information content (AvgIpc) is 2.36. The van der Waals surface area contributed by atoms with E-state index in [-0.39, 0.29) is 5.75 Å². The SMILES string of the molecule is O=S(=O)(Oc1cccc(F)c1)c1ccc(Cl)c(C(F)(F)F)c1. The number of hydrogen-bond donors (Lipinski definition) is 0. The monoisotopic (exact) mass is 354 g/mol. The maximum absolute atomic E-state index is 13.0. The molecule has 2 aromatic rings. The molecule has 0 unspecified atom stereocenters. The summed E-state index contributed by atoms with van der Waals surface area (Å²) in [6, 6.07) is 6.22. The number of alkyl halides is 3. The number of benzene rings is 2. The van der Waals surface area contributed by atoms with Crippen molar-refractivity contribution in [2.45, 2.75) is 11.1 Å². The first-order valence-electron chi connectivity index (χ1n) is 5.66. The van der Waals surface area contributed by atoms with Crippen LogP contribution in [-0.2, 0) is 16.3 Å². The van der Waals surface area contributed by atoms with E-state index in [2.05, 4.69) is 4.18 Å². The molecule has 2 aromatic carbocycles. The third kappa shape index (κ3) is 3.69. The molecule has 0 fully saturated rings. The maximum atomic E-state index is 13.0. The zero-order valence-electron chi connectivity index (χ0n) is 10.6. The fourth-order valence-corrected chi connectivity index (χ4v) is 2.75. The van der Waals surface area contributed by atoms with Crippen LogP contribution in [-0.4, -0.2) is 8.42 Å². The van der Waals surface area contributed by atoms with Gasteiger partial charge in [-0.1, -0.05) is 17.7 Å². The molecule has 2 rings (SSSR count). The molecule has 0 aliphatic carbocycles. The normalized spacial score (nSPS) is 12.2. The third-order valence-electron chi connectivity index (χ3n) is 2.53. The van der Waals surface area contributed by atoms with Crippen LogP contribution in [0.1, 0.15) is 5.56 Å². The van der Waals surface area contributed by atoms with Crippen LogP contribution in [0.4, 0.5) is 17.6 Å². The summed E-state index contributed by atoms with van der Waals surface area (Å²) in [7, 11) is -4.55. The second-order valence-corrected chi connectivity index (χ2v) is 6.09. The Bertz CT molecular complexity index is 803. The van der Waals surface area contributed by atoms with E-state index < -0.39 is 37.6 Å². The van der Waals surface area contributed by atoms with Crippen molar-refractivity contribution in [3.05, 3.63) is 58.9 Å². The van der Waals surface area contributed by atoms with E-state index in [9.17, 15) is 26.0 Å². The Hall–Kier alpha value is -1.80. The lowest BCUT2D eigenvalue weighted by molar-refractivity contribution is -0.137. The molecule has 0 aliphatic rings. The number of rotatable bonds is 3. The van der Waals surface area contributed by atoms with Crippen molar-refractivity contribution in [2.24, 2.45) is 0 Å². The molecule has 0 radical (unpaired) electrons. The quantitative estimate of drug-likeness (QED) is 0.611. The van der Waals surface area contributed by atoms with Gasteiger partial charge in [-0.3, -0.25) is 0 Å². The van der Waals surface area contributed by atoms with Crippen molar-refractivity contribution >= 4 is 21.7 Å². The predicted octanol–water partition coefficient (Wildman–Crippen LogP) is 4.27. The first-order valence-corrected chi connectivity index (χ1v) is 7.45. The first kappa shape index (κ1) is 16.6. The van der Waals surface area contributed by atoms with Gasteiger partial charge in [-0.2, -0.15) is 21.6 Å². The average molecular weight is 355 g/mol. The van der Waals surface area contributed by atoms with Gasteiger partial charge < -0.3 is 4.18 Å². The first-order chi connectivity index (χ1) is 10.1. The molecule has 9 heteroatoms. The smallest absolute Gasteiger partial charge is 0.379 e. The summed E-state index contributed by atoms with van der Waals surface area (Å²) in [4.78, 5) is -0.742. The molecule has 0 atom stereocenters. The highest BCUT2D eigenvalue weighted by Crippen LogP contribution is 2.36. The van der Waals surface area contributed by atoms with Gasteiger partial charge in [-0.05, 0) is 30.3 Å². The van der Waals surface area contributed by atoms with Crippen LogP contribution in [0, 0.1) is 5.82 Å². The predicted molar refractivity (Wildman–Crippen MR) is 70.7 cm³/mol. The van der Waals surface area contributed by atoms with Gasteiger partial charge in [0.1, 0.15) is 16.5 Å². The van der Waals surface area contributed by atoms with E-state index in [0.29, 0.717) is 6.07 Å². The van der Waals surface area contributed by atoms with Gasteiger partial charge >= 0.3 is 16.3 Å². The Morgan fingerprint density at radius 2 is 1.73 bits per heavy atom. The van der Waals surface area contributed by atoms with E-state index in [1.54, 1.807) is 0 Å². The minimum Gasteiger partial charge on any atom is -0.379 e. The maximum Gasteiger partial charge on any atom is 0.417 e. The molecule has 0 bridgehead atoms. The summed E-state index contributed by atoms with van der Waals surface area (Å²) in [5, 5.41) is -0.641. The van der Waals surface area contributed by atoms with E-state index in [1.165, 1.54) is 6.07 Å². The van der Waals surface area contributed by atoms with Crippen LogP contribution >= 0.6 is 11.6 Å². The van der Waals surface area contributed by atoms with E-state index in [1.807, 2.05) is 0 Å². The molecule has 22 heavy (non-hydrogen) atoms. The van der Waals surface area contributed by atoms with Crippen LogP contribution in [0.3, 0.4) is 0 Å². The van der Waals surface area contributed by atoms with Gasteiger partial charge in [-0.15, -0.1) is 0 Å². The van der Waals surface area contributed by atoms with Crippen molar-refractivity contribution in [3.8, 4) is 5.75 Å². The molecular weight excluding hydrogens is 348 g/mol. The highest BCUT2D eigenvalue weighted by atomic mass is 35.5. The fraction of sp³-hybridized carbons (Fsp3) is 0.0769. The summed E-state index contributed by atoms with van der Waals surface area (Å²) in [5.41, 5.74) is -1.31. The molecule has 0 aliphatic heterocycles. The molecule has 0 saturated heterocycles. The van der Waals surface area contributed by atoms with Gasteiger partial charge in [0.2, 0.25) is 0 Å². The topological polar surface area (TPSA) is 43.4 Å². The minimum absolute atomic E-state index is 0.358. The molecular formula is C13H7ClF4O3S. The van der Waals surface area contributed by atoms with Crippen molar-refractivity contribution < 1.29 is 30.2 Å². The lowest BCUT2D eigenvalue weighted by atomic mass is 10.2. The van der Waals surface area contributed by atoms with Gasteiger partial charge in [0, 0.05) is 6.07 Å². The molecule has 0 aromatic heterocycles. The Morgan fingerprint density at radius 3 is 2.32 bits per heavy atom. The summed E-state index contributed by atoms with van der Waals surface area (Å²) in [5.74, 6) is -1.11. The third-order valence-corrected chi connectivity index (χ3v) is 4.11. The largest absolute Gasteiger partial charge is 0.417 e. The van der Waals surface area contributed by atoms with Crippen molar-refractivity contribution in [3.63, 3.8) is 0 Å². The van der Waals surface area contributed by atoms with E-state index in [4.69, 9.17) is 11.6 Å². The fourth-order valence-electron chi connectivity index (χ4n) is 1.57. The van der Waals surface area contributed by atoms with E-state index >= 15 is 0 Å². The summed E-state index contributed by atoms with van der Waals surface area (Å²) in [6.07, 6.45) is -4.82. The Morgan fingerprint density at radius 1 is 1.05 bits per heavy atom.